The van der Waals surface area contributed by atoms with Gasteiger partial charge in [-0.05, 0) is 67.6 Å². The molecule has 0 spiro atoms. The maximum Gasteiger partial charge on any atom is 0.266 e. The molecule has 0 amide bonds. The molecule has 170 valence electrons. The Bertz CT molecular complexity index is 563. The quantitative estimate of drug-likeness (QED) is 0.248. The maximum absolute atomic E-state index is 12.1. The van der Waals surface area contributed by atoms with Gasteiger partial charge in [0.05, 0.1) is 0 Å². The first-order chi connectivity index (χ1) is 14.7. The topological polar surface area (TPSA) is 0 Å². The molecule has 30 heavy (non-hydrogen) atoms. The molecule has 1 aromatic rings. The van der Waals surface area contributed by atoms with E-state index < -0.39 is 6.08 Å². The highest BCUT2D eigenvalue weighted by Crippen LogP contribution is 2.37. The van der Waals surface area contributed by atoms with E-state index in [0.717, 1.165) is 17.6 Å². The second-order valence-corrected chi connectivity index (χ2v) is 9.46. The molecule has 0 atom stereocenters. The minimum absolute atomic E-state index is 0.422. The van der Waals surface area contributed by atoms with Gasteiger partial charge in [-0.1, -0.05) is 102 Å². The molecule has 1 aromatic carbocycles. The van der Waals surface area contributed by atoms with Crippen molar-refractivity contribution in [1.29, 1.82) is 0 Å². The minimum Gasteiger partial charge on any atom is -0.174 e. The molecule has 0 nitrogen and oxygen atoms in total. The number of allylic oxidation sites excluding steroid dienone is 1. The third kappa shape index (κ3) is 10.7. The van der Waals surface area contributed by atoms with Gasteiger partial charge < -0.3 is 0 Å². The van der Waals surface area contributed by atoms with E-state index in [1.54, 1.807) is 0 Å². The number of benzene rings is 1. The van der Waals surface area contributed by atoms with Crippen molar-refractivity contribution in [1.82, 2.24) is 0 Å². The van der Waals surface area contributed by atoms with E-state index in [9.17, 15) is 8.78 Å². The highest BCUT2D eigenvalue weighted by atomic mass is 19.3. The van der Waals surface area contributed by atoms with Crippen LogP contribution in [-0.2, 0) is 6.42 Å². The molecule has 1 aliphatic carbocycles. The van der Waals surface area contributed by atoms with E-state index in [0.29, 0.717) is 18.8 Å². The monoisotopic (exact) mass is 418 g/mol. The highest BCUT2D eigenvalue weighted by Gasteiger charge is 2.21. The Labute approximate surface area is 184 Å². The Kier molecular flexibility index (Phi) is 13.0. The SMILES string of the molecule is CCCCCCCCCCCC[C@H]1CC[C@H](c2ccc(CCC=C(F)F)cc2)CC1. The zero-order chi connectivity index (χ0) is 21.4. The van der Waals surface area contributed by atoms with Crippen molar-refractivity contribution in [3.63, 3.8) is 0 Å². The third-order valence-corrected chi connectivity index (χ3v) is 7.00. The van der Waals surface area contributed by atoms with Crippen LogP contribution in [0.1, 0.15) is 127 Å². The summed E-state index contributed by atoms with van der Waals surface area (Å²) < 4.78 is 24.3. The van der Waals surface area contributed by atoms with Crippen molar-refractivity contribution in [2.45, 2.75) is 122 Å². The molecule has 0 heterocycles. The molecule has 1 aliphatic rings. The second-order valence-electron chi connectivity index (χ2n) is 9.46. The van der Waals surface area contributed by atoms with Crippen LogP contribution in [0.15, 0.2) is 36.4 Å². The molecule has 2 heteroatoms. The second kappa shape index (κ2) is 15.6. The van der Waals surface area contributed by atoms with Crippen LogP contribution in [0.5, 0.6) is 0 Å². The average Bonchev–Trinajstić information content (AvgIpc) is 2.76. The van der Waals surface area contributed by atoms with Crippen LogP contribution in [0, 0.1) is 5.92 Å². The molecule has 0 N–H and O–H groups in total. The zero-order valence-corrected chi connectivity index (χ0v) is 19.3. The Morgan fingerprint density at radius 2 is 1.37 bits per heavy atom. The Hall–Kier alpha value is -1.18. The van der Waals surface area contributed by atoms with Gasteiger partial charge in [-0.3, -0.25) is 0 Å². The summed E-state index contributed by atoms with van der Waals surface area (Å²) in [5.74, 6) is 1.64. The molecule has 1 saturated carbocycles. The van der Waals surface area contributed by atoms with E-state index in [2.05, 4.69) is 31.2 Å². The lowest BCUT2D eigenvalue weighted by molar-refractivity contribution is 0.301. The van der Waals surface area contributed by atoms with Crippen LogP contribution in [0.4, 0.5) is 8.78 Å². The summed E-state index contributed by atoms with van der Waals surface area (Å²) in [7, 11) is 0. The van der Waals surface area contributed by atoms with Gasteiger partial charge in [0.2, 0.25) is 0 Å². The average molecular weight is 419 g/mol. The number of hydrogen-bond acceptors (Lipinski definition) is 0. The predicted octanol–water partition coefficient (Wildman–Crippen LogP) is 9.98. The molecule has 0 saturated heterocycles. The number of halogens is 2. The van der Waals surface area contributed by atoms with Gasteiger partial charge in [0.15, 0.2) is 0 Å². The van der Waals surface area contributed by atoms with Crippen LogP contribution < -0.4 is 0 Å². The van der Waals surface area contributed by atoms with Crippen molar-refractivity contribution in [2.75, 3.05) is 0 Å². The van der Waals surface area contributed by atoms with Gasteiger partial charge in [0.1, 0.15) is 0 Å². The largest absolute Gasteiger partial charge is 0.266 e. The molecule has 0 aliphatic heterocycles. The molecule has 0 radical (unpaired) electrons. The van der Waals surface area contributed by atoms with Gasteiger partial charge in [-0.15, -0.1) is 0 Å². The van der Waals surface area contributed by atoms with E-state index in [1.165, 1.54) is 102 Å². The molecular formula is C28H44F2. The standard InChI is InChI=1S/C28H44F2/c1-2-3-4-5-6-7-8-9-10-11-13-24-16-20-26(21-17-24)27-22-18-25(19-23-27)14-12-15-28(29)30/h15,18-19,22-24,26H,2-14,16-17,20-21H2,1H3/t24-,26-. The summed E-state index contributed by atoms with van der Waals surface area (Å²) in [5.41, 5.74) is 2.61. The van der Waals surface area contributed by atoms with E-state index >= 15 is 0 Å². The zero-order valence-electron chi connectivity index (χ0n) is 19.3. The predicted molar refractivity (Wildman–Crippen MR) is 126 cm³/mol. The van der Waals surface area contributed by atoms with Crippen molar-refractivity contribution in [3.8, 4) is 0 Å². The van der Waals surface area contributed by atoms with Crippen LogP contribution in [-0.4, -0.2) is 0 Å². The minimum atomic E-state index is -1.57. The van der Waals surface area contributed by atoms with Gasteiger partial charge in [-0.25, -0.2) is 0 Å². The summed E-state index contributed by atoms with van der Waals surface area (Å²) in [5, 5.41) is 0. The third-order valence-electron chi connectivity index (χ3n) is 7.00. The first kappa shape index (κ1) is 25.1. The lowest BCUT2D eigenvalue weighted by atomic mass is 9.77. The molecular weight excluding hydrogens is 374 g/mol. The van der Waals surface area contributed by atoms with Gasteiger partial charge in [0, 0.05) is 0 Å². The normalized spacial score (nSPS) is 19.0. The first-order valence-corrected chi connectivity index (χ1v) is 12.8. The maximum atomic E-state index is 12.1. The summed E-state index contributed by atoms with van der Waals surface area (Å²) in [6.07, 6.45) is 21.6. The lowest BCUT2D eigenvalue weighted by Gasteiger charge is -2.29. The Morgan fingerprint density at radius 1 is 0.800 bits per heavy atom. The van der Waals surface area contributed by atoms with Crippen LogP contribution in [0.25, 0.3) is 0 Å². The lowest BCUT2D eigenvalue weighted by Crippen LogP contribution is -2.13. The van der Waals surface area contributed by atoms with Crippen LogP contribution in [0.2, 0.25) is 0 Å². The highest BCUT2D eigenvalue weighted by molar-refractivity contribution is 5.26. The summed E-state index contributed by atoms with van der Waals surface area (Å²) in [6.45, 7) is 2.28. The van der Waals surface area contributed by atoms with E-state index in [-0.39, 0.29) is 0 Å². The number of rotatable bonds is 15. The summed E-state index contributed by atoms with van der Waals surface area (Å²) in [6, 6.07) is 8.74. The van der Waals surface area contributed by atoms with Gasteiger partial charge in [0.25, 0.3) is 6.08 Å². The number of aryl methyl sites for hydroxylation is 1. The smallest absolute Gasteiger partial charge is 0.174 e. The van der Waals surface area contributed by atoms with Crippen molar-refractivity contribution in [2.24, 2.45) is 5.92 Å². The fraction of sp³-hybridized carbons (Fsp3) is 0.714. The number of unbranched alkanes of at least 4 members (excludes halogenated alkanes) is 9. The van der Waals surface area contributed by atoms with Gasteiger partial charge in [-0.2, -0.15) is 8.78 Å². The summed E-state index contributed by atoms with van der Waals surface area (Å²) in [4.78, 5) is 0. The molecule has 0 unspecified atom stereocenters. The van der Waals surface area contributed by atoms with Crippen LogP contribution in [0.3, 0.4) is 0 Å². The fourth-order valence-corrected chi connectivity index (χ4v) is 5.01. The molecule has 2 rings (SSSR count). The van der Waals surface area contributed by atoms with Crippen LogP contribution >= 0.6 is 0 Å². The van der Waals surface area contributed by atoms with Crippen molar-refractivity contribution >= 4 is 0 Å². The molecule has 0 aromatic heterocycles. The van der Waals surface area contributed by atoms with E-state index in [4.69, 9.17) is 0 Å². The molecule has 0 bridgehead atoms. The van der Waals surface area contributed by atoms with Gasteiger partial charge >= 0.3 is 0 Å². The fourth-order valence-electron chi connectivity index (χ4n) is 5.01. The first-order valence-electron chi connectivity index (χ1n) is 12.8. The number of hydrogen-bond donors (Lipinski definition) is 0. The molecule has 1 fully saturated rings. The van der Waals surface area contributed by atoms with Crippen molar-refractivity contribution < 1.29 is 8.78 Å². The van der Waals surface area contributed by atoms with E-state index in [1.807, 2.05) is 0 Å². The Balaban J connectivity index is 1.52. The Morgan fingerprint density at radius 3 is 1.93 bits per heavy atom. The van der Waals surface area contributed by atoms with Crippen molar-refractivity contribution in [3.05, 3.63) is 47.5 Å². The summed E-state index contributed by atoms with van der Waals surface area (Å²) >= 11 is 0.